The van der Waals surface area contributed by atoms with Crippen molar-refractivity contribution in [3.05, 3.63) is 23.8 Å². The third-order valence-electron chi connectivity index (χ3n) is 1.85. The number of hydrogen-bond acceptors (Lipinski definition) is 4. The Morgan fingerprint density at radius 2 is 2.06 bits per heavy atom. The van der Waals surface area contributed by atoms with Crippen LogP contribution in [-0.2, 0) is 11.0 Å². The minimum atomic E-state index is -4.76. The van der Waals surface area contributed by atoms with Crippen LogP contribution in [0.5, 0.6) is 0 Å². The lowest BCUT2D eigenvalue weighted by Gasteiger charge is -2.14. The van der Waals surface area contributed by atoms with Crippen LogP contribution in [0.1, 0.15) is 16.3 Å². The number of nitrogens with zero attached hydrogens (tertiary/aromatic N) is 3. The summed E-state index contributed by atoms with van der Waals surface area (Å²) in [5.41, 5.74) is -0.513. The van der Waals surface area contributed by atoms with Gasteiger partial charge in [0.05, 0.1) is 0 Å². The Hall–Kier alpha value is -2.19. The normalized spacial score (nSPS) is 11.1. The Morgan fingerprint density at radius 1 is 1.44 bits per heavy atom. The van der Waals surface area contributed by atoms with E-state index in [0.29, 0.717) is 0 Å². The van der Waals surface area contributed by atoms with Gasteiger partial charge in [-0.3, -0.25) is 9.59 Å². The maximum atomic E-state index is 12.3. The second kappa shape index (κ2) is 4.98. The van der Waals surface area contributed by atoms with E-state index in [9.17, 15) is 22.8 Å². The molecule has 0 aliphatic rings. The van der Waals surface area contributed by atoms with E-state index in [1.165, 1.54) is 0 Å². The largest absolute Gasteiger partial charge is 0.480 e. The highest BCUT2D eigenvalue weighted by molar-refractivity contribution is 5.93. The summed E-state index contributed by atoms with van der Waals surface area (Å²) in [5, 5.41) is 8.46. The smallest absolute Gasteiger partial charge is 0.451 e. The van der Waals surface area contributed by atoms with Gasteiger partial charge < -0.3 is 10.0 Å². The van der Waals surface area contributed by atoms with E-state index >= 15 is 0 Å². The third kappa shape index (κ3) is 3.40. The van der Waals surface area contributed by atoms with Gasteiger partial charge in [0.25, 0.3) is 5.91 Å². The van der Waals surface area contributed by atoms with E-state index in [1.54, 1.807) is 0 Å². The first kappa shape index (κ1) is 13.9. The van der Waals surface area contributed by atoms with Gasteiger partial charge in [0.15, 0.2) is 0 Å². The summed E-state index contributed by atoms with van der Waals surface area (Å²) in [6, 6.07) is 0.982. The topological polar surface area (TPSA) is 83.4 Å². The fraction of sp³-hybridized carbons (Fsp3) is 0.333. The zero-order valence-electron chi connectivity index (χ0n) is 9.10. The highest BCUT2D eigenvalue weighted by atomic mass is 19.4. The number of amides is 1. The molecule has 1 aromatic heterocycles. The van der Waals surface area contributed by atoms with Crippen molar-refractivity contribution < 1.29 is 27.9 Å². The highest BCUT2D eigenvalue weighted by Gasteiger charge is 2.35. The van der Waals surface area contributed by atoms with Gasteiger partial charge in [-0.25, -0.2) is 9.97 Å². The summed E-state index contributed by atoms with van der Waals surface area (Å²) in [7, 11) is 1.14. The number of aromatic nitrogens is 2. The quantitative estimate of drug-likeness (QED) is 0.865. The molecule has 9 heteroatoms. The van der Waals surface area contributed by atoms with Gasteiger partial charge in [0, 0.05) is 13.2 Å². The summed E-state index contributed by atoms with van der Waals surface area (Å²) in [5.74, 6) is -3.65. The zero-order valence-corrected chi connectivity index (χ0v) is 9.10. The van der Waals surface area contributed by atoms with Crippen LogP contribution in [-0.4, -0.2) is 45.4 Å². The minimum Gasteiger partial charge on any atom is -0.480 e. The lowest BCUT2D eigenvalue weighted by Crippen LogP contribution is -2.33. The Bertz CT molecular complexity index is 476. The van der Waals surface area contributed by atoms with E-state index in [0.717, 1.165) is 24.2 Å². The molecule has 1 amide bonds. The summed E-state index contributed by atoms with van der Waals surface area (Å²) in [6.07, 6.45) is -3.97. The fourth-order valence-electron chi connectivity index (χ4n) is 1.08. The standard InChI is InChI=1S/C9H8F3N3O3/c1-15(4-6(16)17)7(18)5-2-3-13-8(14-5)9(10,11)12/h2-3H,4H2,1H3,(H,16,17). The van der Waals surface area contributed by atoms with Crippen molar-refractivity contribution >= 4 is 11.9 Å². The van der Waals surface area contributed by atoms with Crippen molar-refractivity contribution in [3.63, 3.8) is 0 Å². The number of halogens is 3. The molecule has 0 aliphatic carbocycles. The van der Waals surface area contributed by atoms with Gasteiger partial charge in [-0.2, -0.15) is 13.2 Å². The maximum Gasteiger partial charge on any atom is 0.451 e. The van der Waals surface area contributed by atoms with Crippen molar-refractivity contribution in [3.8, 4) is 0 Å². The zero-order chi connectivity index (χ0) is 13.9. The average Bonchev–Trinajstić information content (AvgIpc) is 2.26. The monoisotopic (exact) mass is 263 g/mol. The van der Waals surface area contributed by atoms with Crippen LogP contribution in [0.25, 0.3) is 0 Å². The van der Waals surface area contributed by atoms with Gasteiger partial charge in [-0.1, -0.05) is 0 Å². The van der Waals surface area contributed by atoms with Crippen LogP contribution >= 0.6 is 0 Å². The number of carbonyl (C=O) groups is 2. The second-order valence-electron chi connectivity index (χ2n) is 3.32. The number of rotatable bonds is 3. The maximum absolute atomic E-state index is 12.3. The van der Waals surface area contributed by atoms with Crippen molar-refractivity contribution in [2.45, 2.75) is 6.18 Å². The lowest BCUT2D eigenvalue weighted by atomic mass is 10.3. The molecule has 1 heterocycles. The summed E-state index contributed by atoms with van der Waals surface area (Å²) in [6.45, 7) is -0.635. The predicted octanol–water partition coefficient (Wildman–Crippen LogP) is 0.652. The number of likely N-dealkylation sites (N-methyl/N-ethyl adjacent to an activating group) is 1. The summed E-state index contributed by atoms with van der Waals surface area (Å²) < 4.78 is 36.9. The molecule has 0 saturated carbocycles. The van der Waals surface area contributed by atoms with Crippen LogP contribution in [0.15, 0.2) is 12.3 Å². The van der Waals surface area contributed by atoms with E-state index in [2.05, 4.69) is 9.97 Å². The lowest BCUT2D eigenvalue weighted by molar-refractivity contribution is -0.145. The molecule has 0 aliphatic heterocycles. The molecule has 0 saturated heterocycles. The summed E-state index contributed by atoms with van der Waals surface area (Å²) >= 11 is 0. The van der Waals surface area contributed by atoms with Crippen molar-refractivity contribution in [1.82, 2.24) is 14.9 Å². The number of alkyl halides is 3. The van der Waals surface area contributed by atoms with Gasteiger partial charge in [-0.05, 0) is 6.07 Å². The Kier molecular flexibility index (Phi) is 3.84. The molecular weight excluding hydrogens is 255 g/mol. The van der Waals surface area contributed by atoms with E-state index < -0.39 is 36.1 Å². The van der Waals surface area contributed by atoms with Crippen LogP contribution in [0.3, 0.4) is 0 Å². The van der Waals surface area contributed by atoms with Crippen LogP contribution in [0.2, 0.25) is 0 Å². The molecule has 0 fully saturated rings. The molecule has 1 aromatic rings. The van der Waals surface area contributed by atoms with Gasteiger partial charge >= 0.3 is 12.1 Å². The number of hydrogen-bond donors (Lipinski definition) is 1. The Morgan fingerprint density at radius 3 is 2.56 bits per heavy atom. The third-order valence-corrected chi connectivity index (χ3v) is 1.85. The number of carboxylic acids is 1. The molecule has 1 N–H and O–H groups in total. The number of carboxylic acid groups (broad SMARTS) is 1. The molecule has 6 nitrogen and oxygen atoms in total. The van der Waals surface area contributed by atoms with Crippen LogP contribution in [0.4, 0.5) is 13.2 Å². The molecule has 0 aromatic carbocycles. The van der Waals surface area contributed by atoms with Crippen molar-refractivity contribution in [1.29, 1.82) is 0 Å². The van der Waals surface area contributed by atoms with E-state index in [1.807, 2.05) is 0 Å². The summed E-state index contributed by atoms with van der Waals surface area (Å²) in [4.78, 5) is 28.7. The first-order chi connectivity index (χ1) is 8.21. The first-order valence-corrected chi connectivity index (χ1v) is 4.59. The van der Waals surface area contributed by atoms with Gasteiger partial charge in [0.1, 0.15) is 12.2 Å². The SMILES string of the molecule is CN(CC(=O)O)C(=O)c1ccnc(C(F)(F)F)n1. The molecular formula is C9H8F3N3O3. The molecule has 18 heavy (non-hydrogen) atoms. The predicted molar refractivity (Wildman–Crippen MR) is 51.6 cm³/mol. The molecule has 0 atom stereocenters. The van der Waals surface area contributed by atoms with Crippen molar-refractivity contribution in [2.24, 2.45) is 0 Å². The molecule has 0 unspecified atom stereocenters. The number of aliphatic carboxylic acids is 1. The molecule has 0 spiro atoms. The fourth-order valence-corrected chi connectivity index (χ4v) is 1.08. The van der Waals surface area contributed by atoms with Crippen LogP contribution in [0, 0.1) is 0 Å². The first-order valence-electron chi connectivity index (χ1n) is 4.59. The van der Waals surface area contributed by atoms with Crippen molar-refractivity contribution in [2.75, 3.05) is 13.6 Å². The Labute approximate surface area is 99.1 Å². The molecule has 1 rings (SSSR count). The Balaban J connectivity index is 2.97. The molecule has 0 bridgehead atoms. The van der Waals surface area contributed by atoms with E-state index in [4.69, 9.17) is 5.11 Å². The second-order valence-corrected chi connectivity index (χ2v) is 3.32. The highest BCUT2D eigenvalue weighted by Crippen LogP contribution is 2.25. The van der Waals surface area contributed by atoms with Gasteiger partial charge in [-0.15, -0.1) is 0 Å². The molecule has 0 radical (unpaired) electrons. The average molecular weight is 263 g/mol. The molecule has 98 valence electrons. The van der Waals surface area contributed by atoms with Gasteiger partial charge in [0.2, 0.25) is 5.82 Å². The van der Waals surface area contributed by atoms with Crippen LogP contribution < -0.4 is 0 Å². The van der Waals surface area contributed by atoms with E-state index in [-0.39, 0.29) is 0 Å². The minimum absolute atomic E-state index is 0.513. The number of carbonyl (C=O) groups excluding carboxylic acids is 1.